The molecule has 1 saturated heterocycles. The SMILES string of the molecule is O=C(c1ccc(-c2ccc(CO)cc2)c2ccccc12)N1CCOC(C(F)(F)F)C1. The standard InChI is InChI=1S/C23H20F3NO3/c24-23(25,26)21-13-27(11-12-30-21)22(29)20-10-9-17(18-3-1-2-4-19(18)20)16-7-5-15(14-28)6-8-16/h1-10,21,28H,11-14H2. The molecule has 0 bridgehead atoms. The van der Waals surface area contributed by atoms with Gasteiger partial charge < -0.3 is 14.7 Å². The monoisotopic (exact) mass is 415 g/mol. The molecule has 4 rings (SSSR count). The summed E-state index contributed by atoms with van der Waals surface area (Å²) in [6, 6.07) is 18.3. The molecule has 1 unspecified atom stereocenters. The topological polar surface area (TPSA) is 49.8 Å². The van der Waals surface area contributed by atoms with Gasteiger partial charge >= 0.3 is 6.18 Å². The molecule has 30 heavy (non-hydrogen) atoms. The van der Waals surface area contributed by atoms with Crippen LogP contribution in [0.2, 0.25) is 0 Å². The number of alkyl halides is 3. The van der Waals surface area contributed by atoms with Gasteiger partial charge in [0.15, 0.2) is 6.10 Å². The van der Waals surface area contributed by atoms with Crippen molar-refractivity contribution in [2.45, 2.75) is 18.9 Å². The van der Waals surface area contributed by atoms with Crippen LogP contribution in [-0.2, 0) is 11.3 Å². The number of halogens is 3. The van der Waals surface area contributed by atoms with Crippen molar-refractivity contribution in [3.63, 3.8) is 0 Å². The molecular formula is C23H20F3NO3. The summed E-state index contributed by atoms with van der Waals surface area (Å²) in [5.41, 5.74) is 2.98. The van der Waals surface area contributed by atoms with E-state index in [1.54, 1.807) is 18.2 Å². The molecule has 1 aliphatic heterocycles. The molecule has 0 aromatic heterocycles. The second-order valence-electron chi connectivity index (χ2n) is 7.21. The summed E-state index contributed by atoms with van der Waals surface area (Å²) in [6.45, 7) is -0.596. The van der Waals surface area contributed by atoms with Crippen LogP contribution in [0.5, 0.6) is 0 Å². The van der Waals surface area contributed by atoms with E-state index < -0.39 is 24.7 Å². The number of aliphatic hydroxyl groups excluding tert-OH is 1. The maximum Gasteiger partial charge on any atom is 0.416 e. The highest BCUT2D eigenvalue weighted by Crippen LogP contribution is 2.32. The number of morpholine rings is 1. The average molecular weight is 415 g/mol. The number of rotatable bonds is 3. The van der Waals surface area contributed by atoms with Crippen molar-refractivity contribution in [3.8, 4) is 11.1 Å². The number of carbonyl (C=O) groups excluding carboxylic acids is 1. The maximum absolute atomic E-state index is 13.1. The summed E-state index contributed by atoms with van der Waals surface area (Å²) in [7, 11) is 0. The van der Waals surface area contributed by atoms with Crippen LogP contribution in [0.4, 0.5) is 13.2 Å². The molecular weight excluding hydrogens is 395 g/mol. The minimum atomic E-state index is -4.51. The largest absolute Gasteiger partial charge is 0.416 e. The summed E-state index contributed by atoms with van der Waals surface area (Å²) in [5.74, 6) is -0.439. The van der Waals surface area contributed by atoms with E-state index in [4.69, 9.17) is 4.74 Å². The van der Waals surface area contributed by atoms with Gasteiger partial charge in [-0.2, -0.15) is 13.2 Å². The Morgan fingerprint density at radius 1 is 1.03 bits per heavy atom. The smallest absolute Gasteiger partial charge is 0.392 e. The molecule has 1 aliphatic rings. The van der Waals surface area contributed by atoms with E-state index in [2.05, 4.69) is 0 Å². The third kappa shape index (κ3) is 3.91. The van der Waals surface area contributed by atoms with Gasteiger partial charge in [-0.25, -0.2) is 0 Å². The fourth-order valence-corrected chi connectivity index (χ4v) is 3.73. The fraction of sp³-hybridized carbons (Fsp3) is 0.261. The van der Waals surface area contributed by atoms with Crippen LogP contribution >= 0.6 is 0 Å². The lowest BCUT2D eigenvalue weighted by Crippen LogP contribution is -2.51. The Kier molecular flexibility index (Phi) is 5.49. The zero-order valence-electron chi connectivity index (χ0n) is 16.0. The molecule has 0 saturated carbocycles. The van der Waals surface area contributed by atoms with Gasteiger partial charge in [-0.1, -0.05) is 54.6 Å². The quantitative estimate of drug-likeness (QED) is 0.690. The molecule has 4 nitrogen and oxygen atoms in total. The zero-order valence-corrected chi connectivity index (χ0v) is 16.0. The van der Waals surface area contributed by atoms with Gasteiger partial charge in [0.1, 0.15) is 0 Å². The van der Waals surface area contributed by atoms with Crippen molar-refractivity contribution in [2.75, 3.05) is 19.7 Å². The predicted molar refractivity (Wildman–Crippen MR) is 107 cm³/mol. The van der Waals surface area contributed by atoms with Crippen LogP contribution in [0.25, 0.3) is 21.9 Å². The van der Waals surface area contributed by atoms with Crippen molar-refractivity contribution >= 4 is 16.7 Å². The number of hydrogen-bond acceptors (Lipinski definition) is 3. The molecule has 0 radical (unpaired) electrons. The minimum Gasteiger partial charge on any atom is -0.392 e. The maximum atomic E-state index is 13.1. The van der Waals surface area contributed by atoms with Crippen LogP contribution < -0.4 is 0 Å². The highest BCUT2D eigenvalue weighted by Gasteiger charge is 2.44. The van der Waals surface area contributed by atoms with Gasteiger partial charge in [0.05, 0.1) is 19.8 Å². The lowest BCUT2D eigenvalue weighted by atomic mass is 9.94. The molecule has 3 aromatic carbocycles. The molecule has 3 aromatic rings. The molecule has 0 aliphatic carbocycles. The number of carbonyl (C=O) groups is 1. The second kappa shape index (κ2) is 8.08. The Bertz CT molecular complexity index is 1060. The van der Waals surface area contributed by atoms with E-state index >= 15 is 0 Å². The van der Waals surface area contributed by atoms with E-state index in [9.17, 15) is 23.1 Å². The van der Waals surface area contributed by atoms with Gasteiger partial charge in [0, 0.05) is 12.1 Å². The van der Waals surface area contributed by atoms with Crippen molar-refractivity contribution < 1.29 is 27.8 Å². The van der Waals surface area contributed by atoms with E-state index in [1.807, 2.05) is 42.5 Å². The number of aliphatic hydroxyl groups is 1. The average Bonchev–Trinajstić information content (AvgIpc) is 2.77. The summed E-state index contributed by atoms with van der Waals surface area (Å²) in [4.78, 5) is 14.3. The first-order chi connectivity index (χ1) is 14.4. The van der Waals surface area contributed by atoms with Crippen molar-refractivity contribution in [1.29, 1.82) is 0 Å². The first kappa shape index (κ1) is 20.4. The summed E-state index contributed by atoms with van der Waals surface area (Å²) in [5, 5.41) is 10.8. The summed E-state index contributed by atoms with van der Waals surface area (Å²) in [6.07, 6.45) is -6.48. The lowest BCUT2D eigenvalue weighted by molar-refractivity contribution is -0.233. The predicted octanol–water partition coefficient (Wildman–Crippen LogP) is 4.40. The number of fused-ring (bicyclic) bond motifs is 1. The van der Waals surface area contributed by atoms with Gasteiger partial charge in [-0.3, -0.25) is 4.79 Å². The minimum absolute atomic E-state index is 0.0487. The summed E-state index contributed by atoms with van der Waals surface area (Å²) < 4.78 is 44.0. The molecule has 1 atom stereocenters. The van der Waals surface area contributed by atoms with Crippen LogP contribution in [0, 0.1) is 0 Å². The highest BCUT2D eigenvalue weighted by molar-refractivity contribution is 6.11. The van der Waals surface area contributed by atoms with E-state index in [0.29, 0.717) is 10.9 Å². The Labute approximate surface area is 171 Å². The number of amides is 1. The van der Waals surface area contributed by atoms with Gasteiger partial charge in [0.25, 0.3) is 5.91 Å². The lowest BCUT2D eigenvalue weighted by Gasteiger charge is -2.34. The Balaban J connectivity index is 1.71. The molecule has 1 heterocycles. The Morgan fingerprint density at radius 3 is 2.40 bits per heavy atom. The Hall–Kier alpha value is -2.90. The van der Waals surface area contributed by atoms with E-state index in [1.165, 1.54) is 4.90 Å². The fourth-order valence-electron chi connectivity index (χ4n) is 3.73. The molecule has 1 N–H and O–H groups in total. The highest BCUT2D eigenvalue weighted by atomic mass is 19.4. The first-order valence-electron chi connectivity index (χ1n) is 9.58. The van der Waals surface area contributed by atoms with Gasteiger partial charge in [-0.05, 0) is 33.5 Å². The van der Waals surface area contributed by atoms with Gasteiger partial charge in [0.2, 0.25) is 0 Å². The van der Waals surface area contributed by atoms with Crippen molar-refractivity contribution in [2.24, 2.45) is 0 Å². The second-order valence-corrected chi connectivity index (χ2v) is 7.21. The number of benzene rings is 3. The zero-order chi connectivity index (χ0) is 21.3. The molecule has 0 spiro atoms. The van der Waals surface area contributed by atoms with Crippen molar-refractivity contribution in [1.82, 2.24) is 4.90 Å². The number of hydrogen-bond donors (Lipinski definition) is 1. The summed E-state index contributed by atoms with van der Waals surface area (Å²) >= 11 is 0. The van der Waals surface area contributed by atoms with Crippen LogP contribution in [0.3, 0.4) is 0 Å². The van der Waals surface area contributed by atoms with Crippen LogP contribution in [-0.4, -0.2) is 47.9 Å². The van der Waals surface area contributed by atoms with Crippen LogP contribution in [0.1, 0.15) is 15.9 Å². The van der Waals surface area contributed by atoms with E-state index in [0.717, 1.165) is 22.1 Å². The first-order valence-corrected chi connectivity index (χ1v) is 9.58. The van der Waals surface area contributed by atoms with Crippen molar-refractivity contribution in [3.05, 3.63) is 71.8 Å². The van der Waals surface area contributed by atoms with Crippen LogP contribution in [0.15, 0.2) is 60.7 Å². The molecule has 1 amide bonds. The third-order valence-corrected chi connectivity index (χ3v) is 5.32. The number of ether oxygens (including phenoxy) is 1. The Morgan fingerprint density at radius 2 is 1.73 bits per heavy atom. The third-order valence-electron chi connectivity index (χ3n) is 5.32. The molecule has 7 heteroatoms. The molecule has 156 valence electrons. The normalized spacial score (nSPS) is 17.3. The molecule has 1 fully saturated rings. The van der Waals surface area contributed by atoms with E-state index in [-0.39, 0.29) is 19.8 Å². The van der Waals surface area contributed by atoms with Gasteiger partial charge in [-0.15, -0.1) is 0 Å². The number of nitrogens with zero attached hydrogens (tertiary/aromatic N) is 1.